The zero-order chi connectivity index (χ0) is 15.7. The Morgan fingerprint density at radius 1 is 1.29 bits per heavy atom. The molecule has 0 spiro atoms. The third kappa shape index (κ3) is 7.28. The molecule has 1 aliphatic heterocycles. The smallest absolute Gasteiger partial charge is 0.237 e. The zero-order valence-electron chi connectivity index (χ0n) is 14.5. The van der Waals surface area contributed by atoms with Gasteiger partial charge in [-0.25, -0.2) is 0 Å². The fraction of sp³-hybridized carbons (Fsp3) is 0.941. The summed E-state index contributed by atoms with van der Waals surface area (Å²) in [5, 5.41) is 6.61. The molecule has 4 nitrogen and oxygen atoms in total. The van der Waals surface area contributed by atoms with Crippen LogP contribution in [0.3, 0.4) is 0 Å². The first kappa shape index (κ1) is 18.4. The van der Waals surface area contributed by atoms with E-state index in [1.807, 2.05) is 6.92 Å². The lowest BCUT2D eigenvalue weighted by molar-refractivity contribution is -0.126. The number of amides is 1. The summed E-state index contributed by atoms with van der Waals surface area (Å²) in [6.45, 7) is 12.6. The van der Waals surface area contributed by atoms with Crippen molar-refractivity contribution in [2.24, 2.45) is 5.92 Å². The topological polar surface area (TPSA) is 44.4 Å². The lowest BCUT2D eigenvalue weighted by atomic mass is 9.96. The Bertz CT molecular complexity index is 294. The summed E-state index contributed by atoms with van der Waals surface area (Å²) < 4.78 is 0. The average molecular weight is 297 g/mol. The summed E-state index contributed by atoms with van der Waals surface area (Å²) in [5.41, 5.74) is 0. The Kier molecular flexibility index (Phi) is 8.93. The van der Waals surface area contributed by atoms with Crippen molar-refractivity contribution in [3.05, 3.63) is 0 Å². The van der Waals surface area contributed by atoms with Crippen LogP contribution in [0.25, 0.3) is 0 Å². The molecule has 124 valence electrons. The normalized spacial score (nSPS) is 21.5. The van der Waals surface area contributed by atoms with Gasteiger partial charge < -0.3 is 10.6 Å². The molecule has 2 N–H and O–H groups in total. The number of nitrogens with one attached hydrogen (secondary N) is 2. The van der Waals surface area contributed by atoms with Gasteiger partial charge in [0.2, 0.25) is 5.91 Å². The van der Waals surface area contributed by atoms with E-state index >= 15 is 0 Å². The summed E-state index contributed by atoms with van der Waals surface area (Å²) in [5.74, 6) is 0.875. The van der Waals surface area contributed by atoms with E-state index in [1.54, 1.807) is 0 Å². The van der Waals surface area contributed by atoms with Crippen LogP contribution in [0.2, 0.25) is 0 Å². The fourth-order valence-corrected chi connectivity index (χ4v) is 2.92. The number of nitrogens with zero attached hydrogens (tertiary/aromatic N) is 1. The predicted molar refractivity (Wildman–Crippen MR) is 89.4 cm³/mol. The van der Waals surface area contributed by atoms with Gasteiger partial charge in [0.05, 0.1) is 6.04 Å². The number of unbranched alkanes of at least 4 members (excludes halogenated alkanes) is 2. The predicted octanol–water partition coefficient (Wildman–Crippen LogP) is 2.39. The Morgan fingerprint density at radius 3 is 2.71 bits per heavy atom. The van der Waals surface area contributed by atoms with E-state index in [2.05, 4.69) is 36.3 Å². The molecular weight excluding hydrogens is 262 g/mol. The zero-order valence-corrected chi connectivity index (χ0v) is 14.5. The lowest BCUT2D eigenvalue weighted by Crippen LogP contribution is -2.50. The van der Waals surface area contributed by atoms with E-state index in [0.29, 0.717) is 12.0 Å². The van der Waals surface area contributed by atoms with Crippen LogP contribution < -0.4 is 10.6 Å². The van der Waals surface area contributed by atoms with Crippen LogP contribution in [-0.4, -0.2) is 49.1 Å². The first-order chi connectivity index (χ1) is 10.0. The van der Waals surface area contributed by atoms with Crippen LogP contribution in [0, 0.1) is 5.92 Å². The number of likely N-dealkylation sites (tertiary alicyclic amines) is 1. The molecule has 1 aliphatic rings. The first-order valence-electron chi connectivity index (χ1n) is 8.79. The van der Waals surface area contributed by atoms with Crippen molar-refractivity contribution in [1.82, 2.24) is 15.5 Å². The molecule has 0 aromatic rings. The van der Waals surface area contributed by atoms with E-state index in [1.165, 1.54) is 25.7 Å². The molecular formula is C17H35N3O. The molecule has 0 aromatic carbocycles. The number of hydrogen-bond acceptors (Lipinski definition) is 3. The van der Waals surface area contributed by atoms with Crippen molar-refractivity contribution in [3.8, 4) is 0 Å². The highest BCUT2D eigenvalue weighted by atomic mass is 16.2. The summed E-state index contributed by atoms with van der Waals surface area (Å²) >= 11 is 0. The molecule has 0 saturated carbocycles. The maximum absolute atomic E-state index is 12.2. The van der Waals surface area contributed by atoms with Crippen LogP contribution in [0.5, 0.6) is 0 Å². The van der Waals surface area contributed by atoms with Gasteiger partial charge in [0.1, 0.15) is 0 Å². The summed E-state index contributed by atoms with van der Waals surface area (Å²) in [7, 11) is 0. The van der Waals surface area contributed by atoms with E-state index < -0.39 is 0 Å². The third-order valence-corrected chi connectivity index (χ3v) is 4.37. The Labute approximate surface area is 131 Å². The molecule has 1 amide bonds. The molecule has 1 rings (SSSR count). The van der Waals surface area contributed by atoms with Crippen molar-refractivity contribution in [1.29, 1.82) is 0 Å². The second-order valence-electron chi connectivity index (χ2n) is 6.74. The van der Waals surface area contributed by atoms with Gasteiger partial charge >= 0.3 is 0 Å². The highest BCUT2D eigenvalue weighted by Gasteiger charge is 2.27. The number of carbonyl (C=O) groups excluding carboxylic acids is 1. The minimum absolute atomic E-state index is 0.00785. The monoisotopic (exact) mass is 297 g/mol. The van der Waals surface area contributed by atoms with Crippen LogP contribution in [0.15, 0.2) is 0 Å². The van der Waals surface area contributed by atoms with Gasteiger partial charge in [0.15, 0.2) is 0 Å². The number of piperidine rings is 1. The molecule has 1 saturated heterocycles. The lowest BCUT2D eigenvalue weighted by Gasteiger charge is -2.36. The van der Waals surface area contributed by atoms with Crippen molar-refractivity contribution < 1.29 is 4.79 Å². The molecule has 0 bridgehead atoms. The second-order valence-corrected chi connectivity index (χ2v) is 6.74. The molecule has 0 aromatic heterocycles. The standard InChI is InChI=1S/C17H35N3O/c1-5-6-7-10-18-17(21)15(4)20-11-8-9-16(13-20)12-19-14(2)3/h14-16,19H,5-13H2,1-4H3,(H,18,21). The minimum Gasteiger partial charge on any atom is -0.355 e. The van der Waals surface area contributed by atoms with Gasteiger partial charge in [-0.2, -0.15) is 0 Å². The summed E-state index contributed by atoms with van der Waals surface area (Å²) in [6.07, 6.45) is 5.97. The van der Waals surface area contributed by atoms with E-state index in [9.17, 15) is 4.79 Å². The van der Waals surface area contributed by atoms with E-state index in [-0.39, 0.29) is 11.9 Å². The molecule has 2 unspecified atom stereocenters. The Hall–Kier alpha value is -0.610. The molecule has 21 heavy (non-hydrogen) atoms. The number of rotatable bonds is 9. The largest absolute Gasteiger partial charge is 0.355 e. The SMILES string of the molecule is CCCCCNC(=O)C(C)N1CCCC(CNC(C)C)C1. The van der Waals surface area contributed by atoms with Crippen molar-refractivity contribution in [3.63, 3.8) is 0 Å². The van der Waals surface area contributed by atoms with E-state index in [0.717, 1.165) is 32.6 Å². The number of hydrogen-bond donors (Lipinski definition) is 2. The van der Waals surface area contributed by atoms with Gasteiger partial charge in [0, 0.05) is 19.1 Å². The van der Waals surface area contributed by atoms with Crippen molar-refractivity contribution in [2.75, 3.05) is 26.2 Å². The van der Waals surface area contributed by atoms with Gasteiger partial charge in [-0.3, -0.25) is 9.69 Å². The Morgan fingerprint density at radius 2 is 2.05 bits per heavy atom. The average Bonchev–Trinajstić information content (AvgIpc) is 2.49. The molecule has 1 heterocycles. The van der Waals surface area contributed by atoms with Gasteiger partial charge in [-0.15, -0.1) is 0 Å². The fourth-order valence-electron chi connectivity index (χ4n) is 2.92. The first-order valence-corrected chi connectivity index (χ1v) is 8.79. The quantitative estimate of drug-likeness (QED) is 0.642. The van der Waals surface area contributed by atoms with Crippen LogP contribution in [0.1, 0.15) is 59.8 Å². The van der Waals surface area contributed by atoms with Crippen LogP contribution in [0.4, 0.5) is 0 Å². The molecule has 2 atom stereocenters. The molecule has 0 aliphatic carbocycles. The molecule has 0 radical (unpaired) electrons. The summed E-state index contributed by atoms with van der Waals surface area (Å²) in [6, 6.07) is 0.549. The van der Waals surface area contributed by atoms with Crippen molar-refractivity contribution in [2.45, 2.75) is 71.9 Å². The highest BCUT2D eigenvalue weighted by molar-refractivity contribution is 5.81. The molecule has 1 fully saturated rings. The maximum atomic E-state index is 12.2. The van der Waals surface area contributed by atoms with Crippen molar-refractivity contribution >= 4 is 5.91 Å². The van der Waals surface area contributed by atoms with Crippen LogP contribution in [-0.2, 0) is 4.79 Å². The second kappa shape index (κ2) is 10.2. The molecule has 4 heteroatoms. The van der Waals surface area contributed by atoms with Crippen LogP contribution >= 0.6 is 0 Å². The van der Waals surface area contributed by atoms with Gasteiger partial charge in [-0.05, 0) is 45.2 Å². The highest BCUT2D eigenvalue weighted by Crippen LogP contribution is 2.18. The third-order valence-electron chi connectivity index (χ3n) is 4.37. The minimum atomic E-state index is 0.00785. The van der Waals surface area contributed by atoms with Gasteiger partial charge in [0.25, 0.3) is 0 Å². The number of carbonyl (C=O) groups is 1. The Balaban J connectivity index is 2.31. The van der Waals surface area contributed by atoms with E-state index in [4.69, 9.17) is 0 Å². The maximum Gasteiger partial charge on any atom is 0.237 e. The summed E-state index contributed by atoms with van der Waals surface area (Å²) in [4.78, 5) is 14.6. The van der Waals surface area contributed by atoms with Gasteiger partial charge in [-0.1, -0.05) is 33.6 Å².